The third-order valence-corrected chi connectivity index (χ3v) is 2.91. The zero-order chi connectivity index (χ0) is 9.73. The van der Waals surface area contributed by atoms with E-state index in [0.717, 1.165) is 6.54 Å². The molecule has 1 rings (SSSR count). The van der Waals surface area contributed by atoms with Gasteiger partial charge in [0, 0.05) is 18.6 Å². The lowest BCUT2D eigenvalue weighted by molar-refractivity contribution is 0.279. The quantitative estimate of drug-likeness (QED) is 0.720. The molecule has 1 aliphatic heterocycles. The maximum Gasteiger partial charge on any atom is 0.0137 e. The first-order chi connectivity index (χ1) is 6.14. The van der Waals surface area contributed by atoms with E-state index in [1.165, 1.54) is 38.9 Å². The lowest BCUT2D eigenvalue weighted by Crippen LogP contribution is -2.39. The molecule has 0 unspecified atom stereocenters. The molecule has 13 heavy (non-hydrogen) atoms. The Balaban J connectivity index is 2.28. The Bertz CT molecular complexity index is 143. The average molecular weight is 184 g/mol. The first-order valence-electron chi connectivity index (χ1n) is 5.61. The molecule has 0 radical (unpaired) electrons. The normalized spacial score (nSPS) is 24.2. The van der Waals surface area contributed by atoms with Crippen molar-refractivity contribution in [2.45, 2.75) is 45.6 Å². The highest BCUT2D eigenvalue weighted by atomic mass is 15.2. The summed E-state index contributed by atoms with van der Waals surface area (Å²) < 4.78 is 0. The molecule has 1 N–H and O–H groups in total. The molecule has 1 fully saturated rings. The Morgan fingerprint density at radius 3 is 2.77 bits per heavy atom. The van der Waals surface area contributed by atoms with Crippen molar-refractivity contribution in [2.24, 2.45) is 0 Å². The van der Waals surface area contributed by atoms with Crippen LogP contribution >= 0.6 is 0 Å². The number of hydrogen-bond donors (Lipinski definition) is 1. The van der Waals surface area contributed by atoms with Gasteiger partial charge in [0.1, 0.15) is 0 Å². The molecule has 0 aliphatic carbocycles. The summed E-state index contributed by atoms with van der Waals surface area (Å²) in [7, 11) is 0. The van der Waals surface area contributed by atoms with Gasteiger partial charge in [-0.05, 0) is 39.8 Å². The van der Waals surface area contributed by atoms with Gasteiger partial charge in [-0.2, -0.15) is 0 Å². The van der Waals surface area contributed by atoms with Gasteiger partial charge in [0.25, 0.3) is 0 Å². The van der Waals surface area contributed by atoms with Crippen LogP contribution in [0.25, 0.3) is 0 Å². The van der Waals surface area contributed by atoms with Gasteiger partial charge in [0.15, 0.2) is 0 Å². The van der Waals surface area contributed by atoms with Crippen molar-refractivity contribution in [1.29, 1.82) is 0 Å². The number of hydrogen-bond acceptors (Lipinski definition) is 2. The Morgan fingerprint density at radius 1 is 1.31 bits per heavy atom. The molecular weight excluding hydrogens is 160 g/mol. The third-order valence-electron chi connectivity index (χ3n) is 2.91. The molecule has 0 spiro atoms. The Kier molecular flexibility index (Phi) is 4.20. The van der Waals surface area contributed by atoms with Crippen molar-refractivity contribution in [3.05, 3.63) is 0 Å². The topological polar surface area (TPSA) is 15.3 Å². The van der Waals surface area contributed by atoms with Crippen molar-refractivity contribution >= 4 is 0 Å². The lowest BCUT2D eigenvalue weighted by Gasteiger charge is -2.23. The second-order valence-electron chi connectivity index (χ2n) is 4.76. The molecule has 0 aromatic rings. The van der Waals surface area contributed by atoms with Gasteiger partial charge in [-0.3, -0.25) is 0 Å². The maximum absolute atomic E-state index is 3.59. The molecule has 1 aliphatic rings. The predicted octanol–water partition coefficient (Wildman–Crippen LogP) is 1.86. The van der Waals surface area contributed by atoms with E-state index in [1.54, 1.807) is 0 Å². The van der Waals surface area contributed by atoms with Crippen LogP contribution in [0.4, 0.5) is 0 Å². The molecule has 0 aromatic heterocycles. The maximum atomic E-state index is 3.59. The second kappa shape index (κ2) is 4.97. The molecule has 0 atom stereocenters. The molecule has 78 valence electrons. The summed E-state index contributed by atoms with van der Waals surface area (Å²) in [4.78, 5) is 2.59. The van der Waals surface area contributed by atoms with E-state index in [2.05, 4.69) is 31.0 Å². The summed E-state index contributed by atoms with van der Waals surface area (Å²) in [6.45, 7) is 11.8. The molecule has 0 aromatic carbocycles. The van der Waals surface area contributed by atoms with Crippen molar-refractivity contribution < 1.29 is 0 Å². The highest BCUT2D eigenvalue weighted by molar-refractivity contribution is 4.82. The van der Waals surface area contributed by atoms with Crippen molar-refractivity contribution in [3.63, 3.8) is 0 Å². The first-order valence-corrected chi connectivity index (χ1v) is 5.61. The zero-order valence-corrected chi connectivity index (χ0v) is 9.40. The van der Waals surface area contributed by atoms with E-state index in [0.29, 0.717) is 5.54 Å². The summed E-state index contributed by atoms with van der Waals surface area (Å²) in [6.07, 6.45) is 3.93. The largest absolute Gasteiger partial charge is 0.310 e. The van der Waals surface area contributed by atoms with Crippen LogP contribution in [0.2, 0.25) is 0 Å². The van der Waals surface area contributed by atoms with Gasteiger partial charge < -0.3 is 10.2 Å². The van der Waals surface area contributed by atoms with Gasteiger partial charge in [0.2, 0.25) is 0 Å². The monoisotopic (exact) mass is 184 g/mol. The fraction of sp³-hybridized carbons (Fsp3) is 1.00. The lowest BCUT2D eigenvalue weighted by atomic mass is 10.0. The van der Waals surface area contributed by atoms with Gasteiger partial charge in [-0.1, -0.05) is 13.3 Å². The Morgan fingerprint density at radius 2 is 2.08 bits per heavy atom. The summed E-state index contributed by atoms with van der Waals surface area (Å²) in [5.41, 5.74) is 0.348. The first kappa shape index (κ1) is 11.0. The SMILES string of the molecule is CCCCN1CCNC(C)(C)CC1. The van der Waals surface area contributed by atoms with Gasteiger partial charge in [0.05, 0.1) is 0 Å². The van der Waals surface area contributed by atoms with E-state index in [9.17, 15) is 0 Å². The third kappa shape index (κ3) is 4.10. The molecule has 1 saturated heterocycles. The summed E-state index contributed by atoms with van der Waals surface area (Å²) >= 11 is 0. The van der Waals surface area contributed by atoms with E-state index < -0.39 is 0 Å². The minimum Gasteiger partial charge on any atom is -0.310 e. The van der Waals surface area contributed by atoms with E-state index in [4.69, 9.17) is 0 Å². The van der Waals surface area contributed by atoms with Crippen LogP contribution in [0.5, 0.6) is 0 Å². The summed E-state index contributed by atoms with van der Waals surface area (Å²) in [6, 6.07) is 0. The van der Waals surface area contributed by atoms with Crippen molar-refractivity contribution in [1.82, 2.24) is 10.2 Å². The van der Waals surface area contributed by atoms with Crippen LogP contribution in [0, 0.1) is 0 Å². The van der Waals surface area contributed by atoms with Crippen LogP contribution in [0.1, 0.15) is 40.0 Å². The molecule has 2 heteroatoms. The minimum absolute atomic E-state index is 0.348. The highest BCUT2D eigenvalue weighted by Crippen LogP contribution is 2.12. The fourth-order valence-electron chi connectivity index (χ4n) is 1.80. The molecule has 0 saturated carbocycles. The summed E-state index contributed by atoms with van der Waals surface area (Å²) in [5.74, 6) is 0. The predicted molar refractivity (Wildman–Crippen MR) is 58.0 cm³/mol. The van der Waals surface area contributed by atoms with Gasteiger partial charge in [-0.25, -0.2) is 0 Å². The minimum atomic E-state index is 0.348. The zero-order valence-electron chi connectivity index (χ0n) is 9.40. The van der Waals surface area contributed by atoms with Crippen molar-refractivity contribution in [2.75, 3.05) is 26.2 Å². The average Bonchev–Trinajstić information content (AvgIpc) is 2.23. The van der Waals surface area contributed by atoms with E-state index >= 15 is 0 Å². The standard InChI is InChI=1S/C11H24N2/c1-4-5-8-13-9-6-11(2,3)12-7-10-13/h12H,4-10H2,1-3H3. The van der Waals surface area contributed by atoms with E-state index in [1.807, 2.05) is 0 Å². The molecule has 0 amide bonds. The molecular formula is C11H24N2. The highest BCUT2D eigenvalue weighted by Gasteiger charge is 2.21. The second-order valence-corrected chi connectivity index (χ2v) is 4.76. The molecule has 1 heterocycles. The molecule has 0 bridgehead atoms. The van der Waals surface area contributed by atoms with Gasteiger partial charge in [-0.15, -0.1) is 0 Å². The van der Waals surface area contributed by atoms with E-state index in [-0.39, 0.29) is 0 Å². The summed E-state index contributed by atoms with van der Waals surface area (Å²) in [5, 5.41) is 3.59. The Labute approximate surface area is 82.7 Å². The molecule has 2 nitrogen and oxygen atoms in total. The van der Waals surface area contributed by atoms with Crippen LogP contribution in [0.15, 0.2) is 0 Å². The van der Waals surface area contributed by atoms with Crippen LogP contribution < -0.4 is 5.32 Å². The van der Waals surface area contributed by atoms with Gasteiger partial charge >= 0.3 is 0 Å². The smallest absolute Gasteiger partial charge is 0.0137 e. The van der Waals surface area contributed by atoms with Crippen LogP contribution in [-0.4, -0.2) is 36.6 Å². The number of rotatable bonds is 3. The van der Waals surface area contributed by atoms with Crippen LogP contribution in [-0.2, 0) is 0 Å². The van der Waals surface area contributed by atoms with Crippen molar-refractivity contribution in [3.8, 4) is 0 Å². The number of nitrogens with one attached hydrogen (secondary N) is 1. The number of nitrogens with zero attached hydrogens (tertiary/aromatic N) is 1. The van der Waals surface area contributed by atoms with Crippen LogP contribution in [0.3, 0.4) is 0 Å². The Hall–Kier alpha value is -0.0800. The number of unbranched alkanes of at least 4 members (excludes halogenated alkanes) is 1. The fourth-order valence-corrected chi connectivity index (χ4v) is 1.80.